The molecule has 9 aromatic rings. The minimum atomic E-state index is 0.658. The van der Waals surface area contributed by atoms with Crippen LogP contribution in [0.5, 0.6) is 0 Å². The molecule has 0 N–H and O–H groups in total. The van der Waals surface area contributed by atoms with E-state index < -0.39 is 0 Å². The molecule has 4 heteroatoms. The summed E-state index contributed by atoms with van der Waals surface area (Å²) in [7, 11) is 0. The topological polar surface area (TPSA) is 38.7 Å². The lowest BCUT2D eigenvalue weighted by molar-refractivity contribution is 1.08. The van der Waals surface area contributed by atoms with Crippen molar-refractivity contribution in [1.82, 2.24) is 15.0 Å². The Kier molecular flexibility index (Phi) is 6.65. The van der Waals surface area contributed by atoms with Gasteiger partial charge in [0.2, 0.25) is 0 Å². The predicted octanol–water partition coefficient (Wildman–Crippen LogP) is 11.7. The summed E-state index contributed by atoms with van der Waals surface area (Å²) in [6, 6.07) is 57.3. The Bertz CT molecular complexity index is 2490. The molecule has 9 rings (SSSR count). The van der Waals surface area contributed by atoms with Crippen LogP contribution in [0.1, 0.15) is 0 Å². The molecule has 0 radical (unpaired) electrons. The highest BCUT2D eigenvalue weighted by molar-refractivity contribution is 7.27. The van der Waals surface area contributed by atoms with Crippen molar-refractivity contribution in [1.29, 1.82) is 0 Å². The number of thiophene rings is 1. The van der Waals surface area contributed by atoms with Gasteiger partial charge in [0.1, 0.15) is 0 Å². The molecule has 0 unspecified atom stereocenters. The Morgan fingerprint density at radius 2 is 0.830 bits per heavy atom. The van der Waals surface area contributed by atoms with Crippen molar-refractivity contribution in [3.8, 4) is 56.4 Å². The van der Waals surface area contributed by atoms with E-state index in [1.807, 2.05) is 47.7 Å². The molecule has 0 aliphatic heterocycles. The quantitative estimate of drug-likeness (QED) is 0.193. The molecular formula is C43H27N3S. The van der Waals surface area contributed by atoms with Crippen molar-refractivity contribution in [2.45, 2.75) is 0 Å². The summed E-state index contributed by atoms with van der Waals surface area (Å²) in [5, 5.41) is 4.83. The van der Waals surface area contributed by atoms with E-state index in [0.29, 0.717) is 17.5 Å². The molecule has 0 saturated heterocycles. The molecule has 2 aromatic heterocycles. The summed E-state index contributed by atoms with van der Waals surface area (Å²) in [5.74, 6) is 1.98. The molecule has 0 spiro atoms. The van der Waals surface area contributed by atoms with Crippen LogP contribution < -0.4 is 0 Å². The normalized spacial score (nSPS) is 11.4. The maximum absolute atomic E-state index is 5.15. The summed E-state index contributed by atoms with van der Waals surface area (Å²) in [4.78, 5) is 15.3. The average molecular weight is 618 g/mol. The number of aromatic nitrogens is 3. The minimum absolute atomic E-state index is 0.658. The SMILES string of the molecule is c1ccc(-c2nc(-c3ccccc3)nc(-c3ccc(-c4cccc5ccccc45)c4sc5c(-c6ccccc6)cccc5c34)n2)cc1. The third-order valence-electron chi connectivity index (χ3n) is 8.75. The van der Waals surface area contributed by atoms with Gasteiger partial charge in [0.05, 0.1) is 0 Å². The Morgan fingerprint density at radius 3 is 1.53 bits per heavy atom. The van der Waals surface area contributed by atoms with E-state index in [0.717, 1.165) is 22.1 Å². The van der Waals surface area contributed by atoms with Gasteiger partial charge >= 0.3 is 0 Å². The zero-order valence-corrected chi connectivity index (χ0v) is 26.2. The van der Waals surface area contributed by atoms with Gasteiger partial charge in [-0.3, -0.25) is 0 Å². The van der Waals surface area contributed by atoms with E-state index >= 15 is 0 Å². The van der Waals surface area contributed by atoms with Gasteiger partial charge in [0.15, 0.2) is 17.5 Å². The zero-order chi connectivity index (χ0) is 31.2. The van der Waals surface area contributed by atoms with Crippen LogP contribution in [0.4, 0.5) is 0 Å². The first-order valence-electron chi connectivity index (χ1n) is 15.7. The van der Waals surface area contributed by atoms with Crippen molar-refractivity contribution in [2.75, 3.05) is 0 Å². The number of rotatable bonds is 5. The standard InChI is InChI=1S/C43H27N3S/c1-4-14-29(15-5-1)33-23-13-25-36-38-37(27-26-35(40(38)47-39(33)36)34-24-12-21-28-16-10-11-22-32(28)34)43-45-41(30-17-6-2-7-18-30)44-42(46-43)31-19-8-3-9-20-31/h1-27H. The van der Waals surface area contributed by atoms with Crippen molar-refractivity contribution in [3.05, 3.63) is 164 Å². The smallest absolute Gasteiger partial charge is 0.164 e. The fourth-order valence-corrected chi connectivity index (χ4v) is 7.92. The third kappa shape index (κ3) is 4.78. The van der Waals surface area contributed by atoms with E-state index in [-0.39, 0.29) is 0 Å². The largest absolute Gasteiger partial charge is 0.208 e. The first kappa shape index (κ1) is 27.3. The van der Waals surface area contributed by atoms with Crippen LogP contribution in [0, 0.1) is 0 Å². The zero-order valence-electron chi connectivity index (χ0n) is 25.3. The fourth-order valence-electron chi connectivity index (χ4n) is 6.53. The van der Waals surface area contributed by atoms with Crippen LogP contribution in [0.15, 0.2) is 164 Å². The minimum Gasteiger partial charge on any atom is -0.208 e. The number of hydrogen-bond donors (Lipinski definition) is 0. The summed E-state index contributed by atoms with van der Waals surface area (Å²) in [6.07, 6.45) is 0. The second-order valence-electron chi connectivity index (χ2n) is 11.6. The number of hydrogen-bond acceptors (Lipinski definition) is 4. The summed E-state index contributed by atoms with van der Waals surface area (Å²) >= 11 is 1.85. The van der Waals surface area contributed by atoms with Gasteiger partial charge in [0.25, 0.3) is 0 Å². The van der Waals surface area contributed by atoms with Gasteiger partial charge in [-0.2, -0.15) is 0 Å². The van der Waals surface area contributed by atoms with Gasteiger partial charge in [-0.25, -0.2) is 15.0 Å². The van der Waals surface area contributed by atoms with Crippen LogP contribution in [0.25, 0.3) is 87.4 Å². The Balaban J connectivity index is 1.38. The third-order valence-corrected chi connectivity index (χ3v) is 10.0. The maximum Gasteiger partial charge on any atom is 0.164 e. The van der Waals surface area contributed by atoms with E-state index in [2.05, 4.69) is 127 Å². The highest BCUT2D eigenvalue weighted by atomic mass is 32.1. The average Bonchev–Trinajstić information content (AvgIpc) is 3.55. The first-order valence-corrected chi connectivity index (χ1v) is 16.5. The van der Waals surface area contributed by atoms with Crippen molar-refractivity contribution < 1.29 is 0 Å². The van der Waals surface area contributed by atoms with Gasteiger partial charge in [-0.05, 0) is 33.5 Å². The van der Waals surface area contributed by atoms with Gasteiger partial charge in [-0.1, -0.05) is 158 Å². The highest BCUT2D eigenvalue weighted by Gasteiger charge is 2.21. The fraction of sp³-hybridized carbons (Fsp3) is 0. The molecule has 2 heterocycles. The molecule has 0 saturated carbocycles. The van der Waals surface area contributed by atoms with Crippen LogP contribution in [0.2, 0.25) is 0 Å². The van der Waals surface area contributed by atoms with Crippen molar-refractivity contribution in [3.63, 3.8) is 0 Å². The van der Waals surface area contributed by atoms with Crippen molar-refractivity contribution in [2.24, 2.45) is 0 Å². The predicted molar refractivity (Wildman–Crippen MR) is 197 cm³/mol. The molecular weight excluding hydrogens is 591 g/mol. The molecule has 0 aliphatic rings. The first-order chi connectivity index (χ1) is 23.3. The van der Waals surface area contributed by atoms with Gasteiger partial charge in [0, 0.05) is 42.4 Å². The van der Waals surface area contributed by atoms with Crippen LogP contribution in [-0.2, 0) is 0 Å². The van der Waals surface area contributed by atoms with Gasteiger partial charge < -0.3 is 0 Å². The van der Waals surface area contributed by atoms with E-state index in [4.69, 9.17) is 15.0 Å². The Labute approximate surface area is 276 Å². The van der Waals surface area contributed by atoms with Gasteiger partial charge in [-0.15, -0.1) is 11.3 Å². The molecule has 220 valence electrons. The van der Waals surface area contributed by atoms with E-state index in [1.165, 1.54) is 47.8 Å². The monoisotopic (exact) mass is 617 g/mol. The lowest BCUT2D eigenvalue weighted by Crippen LogP contribution is -2.00. The lowest BCUT2D eigenvalue weighted by atomic mass is 9.94. The summed E-state index contributed by atoms with van der Waals surface area (Å²) in [5.41, 5.74) is 7.77. The molecule has 47 heavy (non-hydrogen) atoms. The number of benzene rings is 7. The van der Waals surface area contributed by atoms with E-state index in [9.17, 15) is 0 Å². The molecule has 3 nitrogen and oxygen atoms in total. The lowest BCUT2D eigenvalue weighted by Gasteiger charge is -2.12. The van der Waals surface area contributed by atoms with Crippen LogP contribution in [-0.4, -0.2) is 15.0 Å². The molecule has 7 aromatic carbocycles. The molecule has 0 bridgehead atoms. The summed E-state index contributed by atoms with van der Waals surface area (Å²) in [6.45, 7) is 0. The second-order valence-corrected chi connectivity index (χ2v) is 12.6. The molecule has 0 fully saturated rings. The second kappa shape index (κ2) is 11.4. The Hall–Kier alpha value is -5.97. The number of nitrogens with zero attached hydrogens (tertiary/aromatic N) is 3. The van der Waals surface area contributed by atoms with E-state index in [1.54, 1.807) is 0 Å². The van der Waals surface area contributed by atoms with Crippen LogP contribution in [0.3, 0.4) is 0 Å². The highest BCUT2D eigenvalue weighted by Crippen LogP contribution is 2.48. The molecule has 0 aliphatic carbocycles. The molecule has 0 amide bonds. The van der Waals surface area contributed by atoms with Crippen molar-refractivity contribution >= 4 is 42.3 Å². The summed E-state index contributed by atoms with van der Waals surface area (Å²) < 4.78 is 2.48. The maximum atomic E-state index is 5.15. The molecule has 0 atom stereocenters. The number of fused-ring (bicyclic) bond motifs is 4. The Morgan fingerprint density at radius 1 is 0.319 bits per heavy atom. The van der Waals surface area contributed by atoms with Crippen LogP contribution >= 0.6 is 11.3 Å².